The highest BCUT2D eigenvalue weighted by molar-refractivity contribution is 5.79. The number of carbonyl (C=O) groups is 1. The van der Waals surface area contributed by atoms with Gasteiger partial charge < -0.3 is 15.8 Å². The van der Waals surface area contributed by atoms with Gasteiger partial charge in [-0.05, 0) is 63.2 Å². The summed E-state index contributed by atoms with van der Waals surface area (Å²) in [6.07, 6.45) is 10.7. The zero-order valence-electron chi connectivity index (χ0n) is 13.1. The Morgan fingerprint density at radius 2 is 1.90 bits per heavy atom. The van der Waals surface area contributed by atoms with Gasteiger partial charge in [0.1, 0.15) is 0 Å². The van der Waals surface area contributed by atoms with E-state index in [1.807, 2.05) is 0 Å². The van der Waals surface area contributed by atoms with E-state index in [-0.39, 0.29) is 0 Å². The Bertz CT molecular complexity index is 353. The number of nitrogens with one attached hydrogen (secondary N) is 1. The minimum Gasteiger partial charge on any atom is -0.378 e. The van der Waals surface area contributed by atoms with E-state index >= 15 is 0 Å². The number of rotatable bonds is 6. The monoisotopic (exact) mass is 294 g/mol. The molecular formula is C17H30N2O2. The molecule has 3 N–H and O–H groups in total. The van der Waals surface area contributed by atoms with Crippen molar-refractivity contribution in [3.63, 3.8) is 0 Å². The molecule has 3 aliphatic carbocycles. The second kappa shape index (κ2) is 7.10. The lowest BCUT2D eigenvalue weighted by atomic mass is 9.88. The first-order chi connectivity index (χ1) is 10.2. The Labute approximate surface area is 128 Å². The average molecular weight is 294 g/mol. The molecule has 0 spiro atoms. The molecule has 0 aromatic rings. The number of amides is 1. The smallest absolute Gasteiger partial charge is 0.223 e. The van der Waals surface area contributed by atoms with E-state index in [2.05, 4.69) is 5.32 Å². The van der Waals surface area contributed by atoms with Crippen LogP contribution in [0.5, 0.6) is 0 Å². The molecule has 3 saturated carbocycles. The van der Waals surface area contributed by atoms with E-state index in [9.17, 15) is 4.79 Å². The second-order valence-electron chi connectivity index (χ2n) is 7.33. The van der Waals surface area contributed by atoms with Gasteiger partial charge in [-0.25, -0.2) is 0 Å². The average Bonchev–Trinajstić information content (AvgIpc) is 3.11. The summed E-state index contributed by atoms with van der Waals surface area (Å²) in [5.41, 5.74) is 5.89. The molecule has 1 amide bonds. The van der Waals surface area contributed by atoms with Gasteiger partial charge in [0.15, 0.2) is 0 Å². The van der Waals surface area contributed by atoms with E-state index in [0.29, 0.717) is 29.9 Å². The highest BCUT2D eigenvalue weighted by Crippen LogP contribution is 2.48. The summed E-state index contributed by atoms with van der Waals surface area (Å²) in [6, 6.07) is 0.380. The quantitative estimate of drug-likeness (QED) is 0.738. The van der Waals surface area contributed by atoms with Crippen molar-refractivity contribution in [3.8, 4) is 0 Å². The highest BCUT2D eigenvalue weighted by Gasteiger charge is 2.42. The maximum absolute atomic E-state index is 12.2. The van der Waals surface area contributed by atoms with Gasteiger partial charge in [-0.15, -0.1) is 0 Å². The molecule has 3 atom stereocenters. The summed E-state index contributed by atoms with van der Waals surface area (Å²) in [7, 11) is 0. The van der Waals surface area contributed by atoms with E-state index in [1.54, 1.807) is 0 Å². The number of fused-ring (bicyclic) bond motifs is 2. The first-order valence-electron chi connectivity index (χ1n) is 8.87. The van der Waals surface area contributed by atoms with Gasteiger partial charge in [0, 0.05) is 25.1 Å². The molecule has 0 aromatic carbocycles. The Hall–Kier alpha value is -0.610. The van der Waals surface area contributed by atoms with Gasteiger partial charge in [0.2, 0.25) is 5.91 Å². The minimum absolute atomic E-state index is 0.297. The van der Waals surface area contributed by atoms with Gasteiger partial charge >= 0.3 is 0 Å². The first kappa shape index (κ1) is 15.3. The topological polar surface area (TPSA) is 64.3 Å². The molecule has 2 bridgehead atoms. The molecule has 120 valence electrons. The van der Waals surface area contributed by atoms with Crippen LogP contribution in [0, 0.1) is 17.8 Å². The molecule has 4 nitrogen and oxygen atoms in total. The standard InChI is InChI=1S/C17H30N2O2/c18-14-4-6-15(7-5-14)21-9-1-8-19-17(20)16-11-12-2-3-13(16)10-12/h12-16H,1-11,18H2,(H,19,20). The van der Waals surface area contributed by atoms with Crippen molar-refractivity contribution in [1.29, 1.82) is 0 Å². The Morgan fingerprint density at radius 3 is 2.57 bits per heavy atom. The van der Waals surface area contributed by atoms with E-state index in [0.717, 1.165) is 57.6 Å². The largest absolute Gasteiger partial charge is 0.378 e. The molecule has 4 heteroatoms. The van der Waals surface area contributed by atoms with Crippen molar-refractivity contribution in [2.24, 2.45) is 23.5 Å². The molecule has 0 saturated heterocycles. The summed E-state index contributed by atoms with van der Waals surface area (Å²) in [6.45, 7) is 1.52. The molecular weight excluding hydrogens is 264 g/mol. The lowest BCUT2D eigenvalue weighted by molar-refractivity contribution is -0.126. The Morgan fingerprint density at radius 1 is 1.10 bits per heavy atom. The fourth-order valence-electron chi connectivity index (χ4n) is 4.49. The lowest BCUT2D eigenvalue weighted by Gasteiger charge is -2.26. The number of hydrogen-bond acceptors (Lipinski definition) is 3. The third kappa shape index (κ3) is 3.98. The minimum atomic E-state index is 0.297. The molecule has 0 aromatic heterocycles. The van der Waals surface area contributed by atoms with Crippen LogP contribution in [0.15, 0.2) is 0 Å². The van der Waals surface area contributed by atoms with Crippen molar-refractivity contribution < 1.29 is 9.53 Å². The van der Waals surface area contributed by atoms with Crippen LogP contribution in [0.2, 0.25) is 0 Å². The molecule has 3 unspecified atom stereocenters. The molecule has 3 aliphatic rings. The van der Waals surface area contributed by atoms with Crippen LogP contribution in [0.3, 0.4) is 0 Å². The van der Waals surface area contributed by atoms with E-state index in [1.165, 1.54) is 19.3 Å². The predicted octanol–water partition coefficient (Wildman–Crippen LogP) is 2.22. The summed E-state index contributed by atoms with van der Waals surface area (Å²) in [5, 5.41) is 3.12. The van der Waals surface area contributed by atoms with Crippen molar-refractivity contribution in [3.05, 3.63) is 0 Å². The van der Waals surface area contributed by atoms with Gasteiger partial charge in [-0.3, -0.25) is 4.79 Å². The van der Waals surface area contributed by atoms with Crippen molar-refractivity contribution in [2.45, 2.75) is 69.9 Å². The van der Waals surface area contributed by atoms with Crippen LogP contribution in [-0.2, 0) is 9.53 Å². The molecule has 0 radical (unpaired) electrons. The van der Waals surface area contributed by atoms with Gasteiger partial charge in [0.05, 0.1) is 6.10 Å². The van der Waals surface area contributed by atoms with Crippen LogP contribution >= 0.6 is 0 Å². The van der Waals surface area contributed by atoms with Gasteiger partial charge in [-0.1, -0.05) is 6.42 Å². The van der Waals surface area contributed by atoms with Gasteiger partial charge in [-0.2, -0.15) is 0 Å². The molecule has 21 heavy (non-hydrogen) atoms. The lowest BCUT2D eigenvalue weighted by Crippen LogP contribution is -2.35. The third-order valence-electron chi connectivity index (χ3n) is 5.77. The predicted molar refractivity (Wildman–Crippen MR) is 82.7 cm³/mol. The SMILES string of the molecule is NC1CCC(OCCCNC(=O)C2CC3CCC2C3)CC1. The van der Waals surface area contributed by atoms with Crippen molar-refractivity contribution in [2.75, 3.05) is 13.2 Å². The molecule has 3 fully saturated rings. The zero-order chi connectivity index (χ0) is 14.7. The number of hydrogen-bond donors (Lipinski definition) is 2. The zero-order valence-corrected chi connectivity index (χ0v) is 13.1. The molecule has 0 aliphatic heterocycles. The van der Waals surface area contributed by atoms with Crippen molar-refractivity contribution >= 4 is 5.91 Å². The van der Waals surface area contributed by atoms with E-state index in [4.69, 9.17) is 10.5 Å². The van der Waals surface area contributed by atoms with Crippen LogP contribution in [-0.4, -0.2) is 31.2 Å². The van der Waals surface area contributed by atoms with Crippen LogP contribution in [0.4, 0.5) is 0 Å². The third-order valence-corrected chi connectivity index (χ3v) is 5.77. The number of carbonyl (C=O) groups excluding carboxylic acids is 1. The normalized spacial score (nSPS) is 38.6. The Kier molecular flexibility index (Phi) is 5.17. The van der Waals surface area contributed by atoms with Crippen LogP contribution in [0.25, 0.3) is 0 Å². The molecule has 3 rings (SSSR count). The highest BCUT2D eigenvalue weighted by atomic mass is 16.5. The van der Waals surface area contributed by atoms with Crippen LogP contribution in [0.1, 0.15) is 57.8 Å². The summed E-state index contributed by atoms with van der Waals surface area (Å²) in [5.74, 6) is 2.12. The second-order valence-corrected chi connectivity index (χ2v) is 7.33. The Balaban J connectivity index is 1.24. The number of ether oxygens (including phenoxy) is 1. The van der Waals surface area contributed by atoms with Crippen molar-refractivity contribution in [1.82, 2.24) is 5.32 Å². The van der Waals surface area contributed by atoms with Gasteiger partial charge in [0.25, 0.3) is 0 Å². The fourth-order valence-corrected chi connectivity index (χ4v) is 4.49. The maximum Gasteiger partial charge on any atom is 0.223 e. The van der Waals surface area contributed by atoms with Crippen LogP contribution < -0.4 is 11.1 Å². The molecule has 0 heterocycles. The first-order valence-corrected chi connectivity index (χ1v) is 8.87. The summed E-state index contributed by atoms with van der Waals surface area (Å²) in [4.78, 5) is 12.2. The number of nitrogens with two attached hydrogens (primary N) is 1. The maximum atomic E-state index is 12.2. The van der Waals surface area contributed by atoms with E-state index < -0.39 is 0 Å². The summed E-state index contributed by atoms with van der Waals surface area (Å²) >= 11 is 0. The summed E-state index contributed by atoms with van der Waals surface area (Å²) < 4.78 is 5.88. The fraction of sp³-hybridized carbons (Fsp3) is 0.941.